The van der Waals surface area contributed by atoms with E-state index >= 15 is 0 Å². The van der Waals surface area contributed by atoms with Gasteiger partial charge in [0.05, 0.1) is 23.7 Å². The van der Waals surface area contributed by atoms with Crippen molar-refractivity contribution in [2.75, 3.05) is 59.0 Å². The van der Waals surface area contributed by atoms with Crippen LogP contribution in [0, 0.1) is 17.6 Å². The summed E-state index contributed by atoms with van der Waals surface area (Å²) in [6, 6.07) is 3.60. The van der Waals surface area contributed by atoms with Crippen LogP contribution in [-0.2, 0) is 28.3 Å². The number of amides is 2. The standard InChI is InChI=1S/C34H38F8N4O3/c35-29-2-1-21(14-30(29)36)13-28-18-26(4-7-46(28)32(48)23-15-24(33(37,38)39)17-25(16-23)34(40,41)42)43-8-10-44(11-9-43)27-3-6-45(19-27)31(47)22-5-12-49-20-22/h1-2,14-17,22,26-28H,3-13,18-20H2/t22?,26-,27?,28+/m0/s1. The first-order valence-electron chi connectivity index (χ1n) is 16.6. The van der Waals surface area contributed by atoms with Crippen LogP contribution in [0.4, 0.5) is 35.1 Å². The van der Waals surface area contributed by atoms with Gasteiger partial charge in [-0.15, -0.1) is 0 Å². The summed E-state index contributed by atoms with van der Waals surface area (Å²) in [5.41, 5.74) is -3.57. The highest BCUT2D eigenvalue weighted by molar-refractivity contribution is 5.95. The van der Waals surface area contributed by atoms with Gasteiger partial charge in [0.15, 0.2) is 11.6 Å². The molecule has 4 atom stereocenters. The summed E-state index contributed by atoms with van der Waals surface area (Å²) >= 11 is 0. The van der Waals surface area contributed by atoms with Gasteiger partial charge in [0.25, 0.3) is 5.91 Å². The zero-order chi connectivity index (χ0) is 35.1. The Morgan fingerprint density at radius 2 is 1.39 bits per heavy atom. The number of ether oxygens (including phenoxy) is 1. The Labute approximate surface area is 278 Å². The van der Waals surface area contributed by atoms with Crippen LogP contribution in [0.2, 0.25) is 0 Å². The minimum Gasteiger partial charge on any atom is -0.381 e. The lowest BCUT2D eigenvalue weighted by Crippen LogP contribution is -2.58. The summed E-state index contributed by atoms with van der Waals surface area (Å²) in [7, 11) is 0. The fraction of sp³-hybridized carbons (Fsp3) is 0.588. The van der Waals surface area contributed by atoms with Gasteiger partial charge in [-0.2, -0.15) is 26.3 Å². The fourth-order valence-electron chi connectivity index (χ4n) is 7.70. The van der Waals surface area contributed by atoms with E-state index in [4.69, 9.17) is 4.74 Å². The summed E-state index contributed by atoms with van der Waals surface area (Å²) in [6.07, 6.45) is -7.81. The van der Waals surface area contributed by atoms with Crippen molar-refractivity contribution in [1.82, 2.24) is 19.6 Å². The highest BCUT2D eigenvalue weighted by Crippen LogP contribution is 2.37. The molecule has 4 heterocycles. The SMILES string of the molecule is O=C(C1CCOC1)N1CCC(N2CCN([C@H]3CCN(C(=O)c4cc(C(F)(F)F)cc(C(F)(F)F)c4)[C@H](Cc4ccc(F)c(F)c4)C3)CC2)C1. The van der Waals surface area contributed by atoms with E-state index in [9.17, 15) is 44.7 Å². The number of piperazine rings is 1. The summed E-state index contributed by atoms with van der Waals surface area (Å²) in [5.74, 6) is -3.09. The van der Waals surface area contributed by atoms with E-state index in [1.54, 1.807) is 0 Å². The molecule has 0 saturated carbocycles. The van der Waals surface area contributed by atoms with Crippen molar-refractivity contribution < 1.29 is 49.4 Å². The Morgan fingerprint density at radius 3 is 1.98 bits per heavy atom. The van der Waals surface area contributed by atoms with E-state index in [1.165, 1.54) is 11.0 Å². The molecule has 0 spiro atoms. The minimum atomic E-state index is -5.12. The van der Waals surface area contributed by atoms with Gasteiger partial charge >= 0.3 is 12.4 Å². The molecular formula is C34H38F8N4O3. The lowest BCUT2D eigenvalue weighted by Gasteiger charge is -2.47. The average Bonchev–Trinajstić information content (AvgIpc) is 3.79. The molecule has 0 aliphatic carbocycles. The third kappa shape index (κ3) is 8.04. The molecule has 4 saturated heterocycles. The van der Waals surface area contributed by atoms with Crippen molar-refractivity contribution in [3.8, 4) is 0 Å². The zero-order valence-corrected chi connectivity index (χ0v) is 26.7. The molecule has 6 rings (SSSR count). The maximum absolute atomic E-state index is 14.1. The molecule has 0 bridgehead atoms. The molecule has 2 unspecified atom stereocenters. The largest absolute Gasteiger partial charge is 0.416 e. The third-order valence-corrected chi connectivity index (χ3v) is 10.4. The Kier molecular flexibility index (Phi) is 10.3. The number of carbonyl (C=O) groups is 2. The van der Waals surface area contributed by atoms with E-state index in [1.807, 2.05) is 4.90 Å². The monoisotopic (exact) mass is 702 g/mol. The lowest BCUT2D eigenvalue weighted by molar-refractivity contribution is -0.143. The Morgan fingerprint density at radius 1 is 0.755 bits per heavy atom. The van der Waals surface area contributed by atoms with Crippen molar-refractivity contribution in [1.29, 1.82) is 0 Å². The van der Waals surface area contributed by atoms with Crippen LogP contribution < -0.4 is 0 Å². The maximum atomic E-state index is 14.1. The Balaban J connectivity index is 1.15. The van der Waals surface area contributed by atoms with Gasteiger partial charge < -0.3 is 14.5 Å². The number of carbonyl (C=O) groups excluding carboxylic acids is 2. The lowest BCUT2D eigenvalue weighted by atomic mass is 9.90. The second kappa shape index (κ2) is 14.1. The van der Waals surface area contributed by atoms with E-state index in [-0.39, 0.29) is 42.9 Å². The van der Waals surface area contributed by atoms with Gasteiger partial charge in [-0.3, -0.25) is 19.4 Å². The van der Waals surface area contributed by atoms with Crippen molar-refractivity contribution in [2.24, 2.45) is 5.92 Å². The molecule has 7 nitrogen and oxygen atoms in total. The predicted octanol–water partition coefficient (Wildman–Crippen LogP) is 5.47. The number of alkyl halides is 6. The molecule has 2 aromatic rings. The van der Waals surface area contributed by atoms with Crippen molar-refractivity contribution in [3.05, 3.63) is 70.3 Å². The van der Waals surface area contributed by atoms with Gasteiger partial charge in [0.1, 0.15) is 0 Å². The summed E-state index contributed by atoms with van der Waals surface area (Å²) in [5, 5.41) is 0. The highest BCUT2D eigenvalue weighted by atomic mass is 19.4. The fourth-order valence-corrected chi connectivity index (χ4v) is 7.70. The highest BCUT2D eigenvalue weighted by Gasteiger charge is 2.41. The number of nitrogens with zero attached hydrogens (tertiary/aromatic N) is 4. The zero-order valence-electron chi connectivity index (χ0n) is 26.7. The third-order valence-electron chi connectivity index (χ3n) is 10.4. The van der Waals surface area contributed by atoms with Gasteiger partial charge in [0, 0.05) is 76.1 Å². The molecule has 0 radical (unpaired) electrons. The number of hydrogen-bond donors (Lipinski definition) is 0. The summed E-state index contributed by atoms with van der Waals surface area (Å²) in [6.45, 7) is 5.38. The number of benzene rings is 2. The Bertz CT molecular complexity index is 1490. The molecule has 0 N–H and O–H groups in total. The first-order valence-corrected chi connectivity index (χ1v) is 16.6. The van der Waals surface area contributed by atoms with Crippen molar-refractivity contribution >= 4 is 11.8 Å². The van der Waals surface area contributed by atoms with E-state index in [0.29, 0.717) is 69.9 Å². The molecule has 2 aromatic carbocycles. The van der Waals surface area contributed by atoms with Crippen molar-refractivity contribution in [3.63, 3.8) is 0 Å². The molecule has 15 heteroatoms. The second-order valence-corrected chi connectivity index (χ2v) is 13.4. The summed E-state index contributed by atoms with van der Waals surface area (Å²) in [4.78, 5) is 34.4. The van der Waals surface area contributed by atoms with Gasteiger partial charge in [-0.25, -0.2) is 8.78 Å². The second-order valence-electron chi connectivity index (χ2n) is 13.4. The molecule has 49 heavy (non-hydrogen) atoms. The molecule has 268 valence electrons. The van der Waals surface area contributed by atoms with Crippen LogP contribution in [0.3, 0.4) is 0 Å². The normalized spacial score (nSPS) is 26.0. The van der Waals surface area contributed by atoms with E-state index < -0.39 is 52.6 Å². The van der Waals surface area contributed by atoms with Gasteiger partial charge in [-0.1, -0.05) is 6.07 Å². The van der Waals surface area contributed by atoms with Crippen molar-refractivity contribution in [2.45, 2.75) is 62.6 Å². The van der Waals surface area contributed by atoms with E-state index in [2.05, 4.69) is 9.80 Å². The smallest absolute Gasteiger partial charge is 0.381 e. The molecule has 2 amide bonds. The number of halogens is 8. The van der Waals surface area contributed by atoms with E-state index in [0.717, 1.165) is 38.1 Å². The quantitative estimate of drug-likeness (QED) is 0.374. The van der Waals surface area contributed by atoms with Gasteiger partial charge in [0.2, 0.25) is 5.91 Å². The number of rotatable bonds is 6. The van der Waals surface area contributed by atoms with Crippen LogP contribution in [-0.4, -0.2) is 109 Å². The molecule has 0 aromatic heterocycles. The Hall–Kier alpha value is -3.30. The predicted molar refractivity (Wildman–Crippen MR) is 161 cm³/mol. The number of hydrogen-bond acceptors (Lipinski definition) is 5. The topological polar surface area (TPSA) is 56.3 Å². The van der Waals surface area contributed by atoms with Crippen LogP contribution in [0.5, 0.6) is 0 Å². The van der Waals surface area contributed by atoms with Crippen LogP contribution in [0.1, 0.15) is 52.7 Å². The molecular weight excluding hydrogens is 664 g/mol. The molecule has 4 aliphatic heterocycles. The summed E-state index contributed by atoms with van der Waals surface area (Å²) < 4.78 is 115. The number of likely N-dealkylation sites (tertiary alicyclic amines) is 2. The minimum absolute atomic E-state index is 0.0208. The van der Waals surface area contributed by atoms with Crippen LogP contribution in [0.15, 0.2) is 36.4 Å². The van der Waals surface area contributed by atoms with Crippen LogP contribution >= 0.6 is 0 Å². The van der Waals surface area contributed by atoms with Gasteiger partial charge in [-0.05, 0) is 68.0 Å². The molecule has 4 fully saturated rings. The number of piperidine rings is 1. The first kappa shape index (κ1) is 35.5. The first-order chi connectivity index (χ1) is 23.2. The maximum Gasteiger partial charge on any atom is 0.416 e. The average molecular weight is 703 g/mol. The van der Waals surface area contributed by atoms with Crippen LogP contribution in [0.25, 0.3) is 0 Å². The molecule has 4 aliphatic rings.